The molecular formula is C9H17N3O4. The Kier molecular flexibility index (Phi) is 5.27. The summed E-state index contributed by atoms with van der Waals surface area (Å²) in [5.74, 6) is -1.64. The van der Waals surface area contributed by atoms with E-state index >= 15 is 0 Å². The number of amides is 3. The molecule has 7 nitrogen and oxygen atoms in total. The highest BCUT2D eigenvalue weighted by Crippen LogP contribution is 2.19. The summed E-state index contributed by atoms with van der Waals surface area (Å²) in [5.41, 5.74) is 3.81. The fourth-order valence-corrected chi connectivity index (χ4v) is 0.857. The number of carbonyl (C=O) groups is 3. The van der Waals surface area contributed by atoms with E-state index in [1.807, 2.05) is 0 Å². The SMILES string of the molecule is CCC(C)(CNC(=O)NCC(N)=O)C(=O)O. The van der Waals surface area contributed by atoms with Crippen LogP contribution in [0.2, 0.25) is 0 Å². The lowest BCUT2D eigenvalue weighted by Crippen LogP contribution is -2.46. The zero-order valence-electron chi connectivity index (χ0n) is 9.37. The van der Waals surface area contributed by atoms with E-state index in [1.54, 1.807) is 6.92 Å². The molecule has 92 valence electrons. The number of hydrogen-bond acceptors (Lipinski definition) is 3. The minimum atomic E-state index is -1.01. The third-order valence-electron chi connectivity index (χ3n) is 2.36. The van der Waals surface area contributed by atoms with Crippen molar-refractivity contribution in [3.05, 3.63) is 0 Å². The maximum atomic E-state index is 11.1. The predicted molar refractivity (Wildman–Crippen MR) is 56.6 cm³/mol. The zero-order valence-corrected chi connectivity index (χ0v) is 9.37. The van der Waals surface area contributed by atoms with Crippen molar-refractivity contribution in [1.82, 2.24) is 10.6 Å². The van der Waals surface area contributed by atoms with E-state index in [4.69, 9.17) is 10.8 Å². The number of carboxylic acids is 1. The molecule has 1 unspecified atom stereocenters. The number of hydrogen-bond donors (Lipinski definition) is 4. The van der Waals surface area contributed by atoms with Crippen LogP contribution in [0, 0.1) is 5.41 Å². The quantitative estimate of drug-likeness (QED) is 0.481. The van der Waals surface area contributed by atoms with Crippen molar-refractivity contribution >= 4 is 17.9 Å². The van der Waals surface area contributed by atoms with Crippen molar-refractivity contribution in [2.24, 2.45) is 11.1 Å². The predicted octanol–water partition coefficient (Wildman–Crippen LogP) is -0.728. The van der Waals surface area contributed by atoms with E-state index < -0.39 is 23.3 Å². The Bertz CT molecular complexity index is 292. The topological polar surface area (TPSA) is 122 Å². The summed E-state index contributed by atoms with van der Waals surface area (Å²) >= 11 is 0. The molecule has 0 aromatic carbocycles. The lowest BCUT2D eigenvalue weighted by Gasteiger charge is -2.23. The number of aliphatic carboxylic acids is 1. The van der Waals surface area contributed by atoms with Gasteiger partial charge < -0.3 is 21.5 Å². The Hall–Kier alpha value is -1.79. The third-order valence-corrected chi connectivity index (χ3v) is 2.36. The Morgan fingerprint density at radius 2 is 1.88 bits per heavy atom. The molecule has 0 rings (SSSR count). The first-order chi connectivity index (χ1) is 7.31. The van der Waals surface area contributed by atoms with Crippen molar-refractivity contribution in [1.29, 1.82) is 0 Å². The smallest absolute Gasteiger partial charge is 0.315 e. The number of nitrogens with one attached hydrogen (secondary N) is 2. The molecule has 16 heavy (non-hydrogen) atoms. The zero-order chi connectivity index (χ0) is 12.8. The molecular weight excluding hydrogens is 214 g/mol. The summed E-state index contributed by atoms with van der Waals surface area (Å²) in [4.78, 5) is 32.3. The summed E-state index contributed by atoms with van der Waals surface area (Å²) in [6.45, 7) is 2.96. The van der Waals surface area contributed by atoms with Crippen LogP contribution in [-0.4, -0.2) is 36.1 Å². The van der Waals surface area contributed by atoms with Crippen LogP contribution in [0.1, 0.15) is 20.3 Å². The second-order valence-electron chi connectivity index (χ2n) is 3.72. The first kappa shape index (κ1) is 14.2. The lowest BCUT2D eigenvalue weighted by atomic mass is 9.88. The molecule has 0 aromatic rings. The van der Waals surface area contributed by atoms with Crippen molar-refractivity contribution in [2.45, 2.75) is 20.3 Å². The maximum absolute atomic E-state index is 11.1. The molecule has 0 aliphatic heterocycles. The van der Waals surface area contributed by atoms with Crippen LogP contribution in [0.4, 0.5) is 4.79 Å². The summed E-state index contributed by atoms with van der Waals surface area (Å²) < 4.78 is 0. The Balaban J connectivity index is 4.08. The van der Waals surface area contributed by atoms with E-state index in [9.17, 15) is 14.4 Å². The number of carboxylic acid groups (broad SMARTS) is 1. The summed E-state index contributed by atoms with van der Waals surface area (Å²) in [7, 11) is 0. The highest BCUT2D eigenvalue weighted by Gasteiger charge is 2.31. The average molecular weight is 231 g/mol. The van der Waals surface area contributed by atoms with Crippen molar-refractivity contribution in [2.75, 3.05) is 13.1 Å². The summed E-state index contributed by atoms with van der Waals surface area (Å²) in [5, 5.41) is 13.5. The highest BCUT2D eigenvalue weighted by molar-refractivity contribution is 5.83. The van der Waals surface area contributed by atoms with Crippen LogP contribution in [-0.2, 0) is 9.59 Å². The molecule has 0 bridgehead atoms. The molecule has 5 N–H and O–H groups in total. The fourth-order valence-electron chi connectivity index (χ4n) is 0.857. The van der Waals surface area contributed by atoms with Gasteiger partial charge in [-0.3, -0.25) is 9.59 Å². The van der Waals surface area contributed by atoms with Gasteiger partial charge in [0, 0.05) is 6.54 Å². The molecule has 0 heterocycles. The molecule has 0 saturated carbocycles. The Labute approximate surface area is 93.4 Å². The van der Waals surface area contributed by atoms with Crippen molar-refractivity contribution < 1.29 is 19.5 Å². The van der Waals surface area contributed by atoms with Gasteiger partial charge in [-0.1, -0.05) is 6.92 Å². The third kappa shape index (κ3) is 4.63. The van der Waals surface area contributed by atoms with Gasteiger partial charge in [-0.15, -0.1) is 0 Å². The first-order valence-corrected chi connectivity index (χ1v) is 4.85. The Morgan fingerprint density at radius 3 is 2.25 bits per heavy atom. The van der Waals surface area contributed by atoms with Gasteiger partial charge in [0.2, 0.25) is 5.91 Å². The number of urea groups is 1. The maximum Gasteiger partial charge on any atom is 0.315 e. The molecule has 0 aliphatic carbocycles. The van der Waals surface area contributed by atoms with Gasteiger partial charge in [-0.2, -0.15) is 0 Å². The van der Waals surface area contributed by atoms with Gasteiger partial charge in [-0.25, -0.2) is 4.79 Å². The second-order valence-corrected chi connectivity index (χ2v) is 3.72. The van der Waals surface area contributed by atoms with Gasteiger partial charge in [0.15, 0.2) is 0 Å². The van der Waals surface area contributed by atoms with Gasteiger partial charge >= 0.3 is 12.0 Å². The molecule has 0 aromatic heterocycles. The van der Waals surface area contributed by atoms with E-state index in [0.29, 0.717) is 6.42 Å². The average Bonchev–Trinajstić information content (AvgIpc) is 2.22. The summed E-state index contributed by atoms with van der Waals surface area (Å²) in [6, 6.07) is -0.611. The minimum absolute atomic E-state index is 0.0105. The molecule has 0 saturated heterocycles. The second kappa shape index (κ2) is 5.94. The van der Waals surface area contributed by atoms with Crippen LogP contribution in [0.5, 0.6) is 0 Å². The number of nitrogens with two attached hydrogens (primary N) is 1. The van der Waals surface area contributed by atoms with E-state index in [1.165, 1.54) is 6.92 Å². The van der Waals surface area contributed by atoms with Crippen molar-refractivity contribution in [3.63, 3.8) is 0 Å². The highest BCUT2D eigenvalue weighted by atomic mass is 16.4. The first-order valence-electron chi connectivity index (χ1n) is 4.85. The monoisotopic (exact) mass is 231 g/mol. The fraction of sp³-hybridized carbons (Fsp3) is 0.667. The van der Waals surface area contributed by atoms with Gasteiger partial charge in [0.25, 0.3) is 0 Å². The molecule has 7 heteroatoms. The van der Waals surface area contributed by atoms with E-state index in [-0.39, 0.29) is 13.1 Å². The molecule has 0 fully saturated rings. The molecule has 1 atom stereocenters. The molecule has 0 radical (unpaired) electrons. The number of primary amides is 1. The van der Waals surface area contributed by atoms with Crippen LogP contribution in [0.25, 0.3) is 0 Å². The van der Waals surface area contributed by atoms with Gasteiger partial charge in [0.05, 0.1) is 12.0 Å². The summed E-state index contributed by atoms with van der Waals surface area (Å²) in [6.07, 6.45) is 0.387. The van der Waals surface area contributed by atoms with E-state index in [2.05, 4.69) is 10.6 Å². The van der Waals surface area contributed by atoms with Crippen LogP contribution in [0.15, 0.2) is 0 Å². The van der Waals surface area contributed by atoms with Crippen LogP contribution >= 0.6 is 0 Å². The number of carbonyl (C=O) groups excluding carboxylic acids is 2. The Morgan fingerprint density at radius 1 is 1.31 bits per heavy atom. The molecule has 3 amide bonds. The van der Waals surface area contributed by atoms with E-state index in [0.717, 1.165) is 0 Å². The lowest BCUT2D eigenvalue weighted by molar-refractivity contribution is -0.147. The normalized spacial score (nSPS) is 13.6. The minimum Gasteiger partial charge on any atom is -0.481 e. The van der Waals surface area contributed by atoms with Gasteiger partial charge in [-0.05, 0) is 13.3 Å². The van der Waals surface area contributed by atoms with Gasteiger partial charge in [0.1, 0.15) is 0 Å². The van der Waals surface area contributed by atoms with Crippen LogP contribution < -0.4 is 16.4 Å². The van der Waals surface area contributed by atoms with Crippen molar-refractivity contribution in [3.8, 4) is 0 Å². The molecule has 0 spiro atoms. The molecule has 0 aliphatic rings. The largest absolute Gasteiger partial charge is 0.481 e. The number of rotatable bonds is 6. The standard InChI is InChI=1S/C9H17N3O4/c1-3-9(2,7(14)15)5-12-8(16)11-4-6(10)13/h3-5H2,1-2H3,(H2,10,13)(H,14,15)(H2,11,12,16). The van der Waals surface area contributed by atoms with Crippen LogP contribution in [0.3, 0.4) is 0 Å².